The van der Waals surface area contributed by atoms with Crippen LogP contribution in [0.3, 0.4) is 0 Å². The Hall–Kier alpha value is -1.40. The largest absolute Gasteiger partial charge is 0.363 e. The van der Waals surface area contributed by atoms with E-state index in [0.717, 1.165) is 18.8 Å². The van der Waals surface area contributed by atoms with Crippen LogP contribution in [0.2, 0.25) is 0 Å². The van der Waals surface area contributed by atoms with Gasteiger partial charge in [0.25, 0.3) is 0 Å². The smallest absolute Gasteiger partial charge is 0.246 e. The van der Waals surface area contributed by atoms with E-state index in [-0.39, 0.29) is 18.1 Å². The maximum Gasteiger partial charge on any atom is 0.246 e. The van der Waals surface area contributed by atoms with Gasteiger partial charge in [-0.25, -0.2) is 0 Å². The number of nitrogens with zero attached hydrogens (tertiary/aromatic N) is 2. The third-order valence-electron chi connectivity index (χ3n) is 2.79. The molecule has 6 heteroatoms. The molecule has 6 nitrogen and oxygen atoms in total. The molecule has 0 saturated carbocycles. The van der Waals surface area contributed by atoms with Gasteiger partial charge >= 0.3 is 0 Å². The lowest BCUT2D eigenvalue weighted by atomic mass is 10.0. The van der Waals surface area contributed by atoms with Gasteiger partial charge in [-0.2, -0.15) is 5.10 Å². The topological polar surface area (TPSA) is 68.2 Å². The molecular weight excluding hydrogens is 220 g/mol. The molecule has 0 unspecified atom stereocenters. The Kier molecular flexibility index (Phi) is 3.44. The Bertz CT molecular complexity index is 398. The molecule has 2 N–H and O–H groups in total. The first kappa shape index (κ1) is 12.1. The number of aromatic nitrogens is 2. The summed E-state index contributed by atoms with van der Waals surface area (Å²) in [6, 6.07) is 1.87. The summed E-state index contributed by atoms with van der Waals surface area (Å²) in [7, 11) is 1.85. The van der Waals surface area contributed by atoms with E-state index in [1.807, 2.05) is 26.2 Å². The molecule has 0 radical (unpaired) electrons. The van der Waals surface area contributed by atoms with Gasteiger partial charge in [0, 0.05) is 26.3 Å². The highest BCUT2D eigenvalue weighted by molar-refractivity contribution is 5.77. The Morgan fingerprint density at radius 1 is 1.71 bits per heavy atom. The Morgan fingerprint density at radius 3 is 3.00 bits per heavy atom. The molecule has 0 atom stereocenters. The average Bonchev–Trinajstić information content (AvgIpc) is 2.67. The molecular formula is C11H18N4O2. The van der Waals surface area contributed by atoms with Gasteiger partial charge in [-0.05, 0) is 13.0 Å². The molecule has 1 aromatic rings. The maximum atomic E-state index is 11.5. The minimum atomic E-state index is -0.178. The van der Waals surface area contributed by atoms with Crippen molar-refractivity contribution in [2.24, 2.45) is 7.05 Å². The molecule has 1 fully saturated rings. The molecule has 0 spiro atoms. The van der Waals surface area contributed by atoms with Crippen LogP contribution in [-0.2, 0) is 23.1 Å². The van der Waals surface area contributed by atoms with E-state index in [9.17, 15) is 4.79 Å². The van der Waals surface area contributed by atoms with Crippen molar-refractivity contribution in [3.05, 3.63) is 18.0 Å². The fraction of sp³-hybridized carbons (Fsp3) is 0.636. The lowest BCUT2D eigenvalue weighted by molar-refractivity contribution is -0.136. The summed E-state index contributed by atoms with van der Waals surface area (Å²) in [6.45, 7) is 4.15. The number of ether oxygens (including phenoxy) is 1. The van der Waals surface area contributed by atoms with Gasteiger partial charge < -0.3 is 15.4 Å². The minimum Gasteiger partial charge on any atom is -0.363 e. The van der Waals surface area contributed by atoms with E-state index in [1.54, 1.807) is 4.68 Å². The van der Waals surface area contributed by atoms with Crippen molar-refractivity contribution in [2.75, 3.05) is 19.7 Å². The van der Waals surface area contributed by atoms with Crippen molar-refractivity contribution in [2.45, 2.75) is 19.1 Å². The van der Waals surface area contributed by atoms with E-state index in [0.29, 0.717) is 6.54 Å². The zero-order chi connectivity index (χ0) is 12.3. The normalized spacial score (nSPS) is 17.5. The van der Waals surface area contributed by atoms with Crippen molar-refractivity contribution < 1.29 is 9.53 Å². The fourth-order valence-corrected chi connectivity index (χ4v) is 1.62. The second-order valence-corrected chi connectivity index (χ2v) is 4.60. The predicted molar refractivity (Wildman–Crippen MR) is 62.3 cm³/mol. The number of carbonyl (C=O) groups excluding carboxylic acids is 1. The Morgan fingerprint density at radius 2 is 2.47 bits per heavy atom. The molecule has 1 aromatic heterocycles. The zero-order valence-electron chi connectivity index (χ0n) is 10.2. The number of amides is 1. The number of aryl methyl sites for hydroxylation is 1. The summed E-state index contributed by atoms with van der Waals surface area (Å²) in [5.74, 6) is -0.108. The van der Waals surface area contributed by atoms with Gasteiger partial charge in [-0.15, -0.1) is 0 Å². The van der Waals surface area contributed by atoms with Crippen molar-refractivity contribution in [1.82, 2.24) is 20.4 Å². The molecule has 1 aliphatic heterocycles. The summed E-state index contributed by atoms with van der Waals surface area (Å²) in [6.07, 6.45) is 1.85. The van der Waals surface area contributed by atoms with Crippen molar-refractivity contribution in [3.63, 3.8) is 0 Å². The molecule has 1 saturated heterocycles. The van der Waals surface area contributed by atoms with E-state index < -0.39 is 0 Å². The van der Waals surface area contributed by atoms with Gasteiger partial charge in [0.2, 0.25) is 5.91 Å². The number of hydrogen-bond donors (Lipinski definition) is 2. The minimum absolute atomic E-state index is 0.102. The van der Waals surface area contributed by atoms with Crippen LogP contribution in [0, 0.1) is 0 Å². The van der Waals surface area contributed by atoms with Crippen LogP contribution in [0.5, 0.6) is 0 Å². The molecule has 0 bridgehead atoms. The number of nitrogens with one attached hydrogen (secondary N) is 2. The number of carbonyl (C=O) groups is 1. The molecule has 17 heavy (non-hydrogen) atoms. The second kappa shape index (κ2) is 4.85. The molecule has 94 valence electrons. The number of rotatable bonds is 5. The SMILES string of the molecule is Cn1ccc(CNC(=O)COC2(C)CNC2)n1. The van der Waals surface area contributed by atoms with Crippen LogP contribution in [-0.4, -0.2) is 41.0 Å². The first-order chi connectivity index (χ1) is 8.07. The van der Waals surface area contributed by atoms with E-state index in [2.05, 4.69) is 15.7 Å². The molecule has 2 heterocycles. The van der Waals surface area contributed by atoms with Crippen molar-refractivity contribution >= 4 is 5.91 Å². The van der Waals surface area contributed by atoms with Gasteiger partial charge in [0.1, 0.15) is 6.61 Å². The van der Waals surface area contributed by atoms with Crippen LogP contribution in [0.15, 0.2) is 12.3 Å². The van der Waals surface area contributed by atoms with E-state index in [4.69, 9.17) is 4.74 Å². The van der Waals surface area contributed by atoms with Crippen molar-refractivity contribution in [1.29, 1.82) is 0 Å². The summed E-state index contributed by atoms with van der Waals surface area (Å²) >= 11 is 0. The van der Waals surface area contributed by atoms with Crippen LogP contribution in [0.1, 0.15) is 12.6 Å². The molecule has 2 rings (SSSR count). The average molecular weight is 238 g/mol. The third-order valence-corrected chi connectivity index (χ3v) is 2.79. The van der Waals surface area contributed by atoms with Gasteiger partial charge in [-0.1, -0.05) is 0 Å². The lowest BCUT2D eigenvalue weighted by Gasteiger charge is -2.38. The fourth-order valence-electron chi connectivity index (χ4n) is 1.62. The molecule has 0 aromatic carbocycles. The zero-order valence-corrected chi connectivity index (χ0v) is 10.2. The first-order valence-electron chi connectivity index (χ1n) is 5.67. The predicted octanol–water partition coefficient (Wildman–Crippen LogP) is -0.585. The highest BCUT2D eigenvalue weighted by Gasteiger charge is 2.32. The van der Waals surface area contributed by atoms with E-state index in [1.165, 1.54) is 0 Å². The van der Waals surface area contributed by atoms with Gasteiger partial charge in [-0.3, -0.25) is 9.48 Å². The molecule has 1 amide bonds. The van der Waals surface area contributed by atoms with Crippen LogP contribution in [0.25, 0.3) is 0 Å². The third kappa shape index (κ3) is 3.28. The Labute approximate surface area is 100 Å². The van der Waals surface area contributed by atoms with Crippen LogP contribution in [0.4, 0.5) is 0 Å². The lowest BCUT2D eigenvalue weighted by Crippen LogP contribution is -2.59. The first-order valence-corrected chi connectivity index (χ1v) is 5.67. The van der Waals surface area contributed by atoms with Crippen LogP contribution >= 0.6 is 0 Å². The summed E-state index contributed by atoms with van der Waals surface area (Å²) in [5, 5.41) is 10.1. The highest BCUT2D eigenvalue weighted by Crippen LogP contribution is 2.14. The second-order valence-electron chi connectivity index (χ2n) is 4.60. The standard InChI is InChI=1S/C11H18N4O2/c1-11(7-12-8-11)17-6-10(16)13-5-9-3-4-15(2)14-9/h3-4,12H,5-8H2,1-2H3,(H,13,16). The quantitative estimate of drug-likeness (QED) is 0.720. The Balaban J connectivity index is 1.67. The summed E-state index contributed by atoms with van der Waals surface area (Å²) in [5.41, 5.74) is 0.667. The van der Waals surface area contributed by atoms with Crippen LogP contribution < -0.4 is 10.6 Å². The molecule has 0 aliphatic carbocycles. The van der Waals surface area contributed by atoms with E-state index >= 15 is 0 Å². The summed E-state index contributed by atoms with van der Waals surface area (Å²) < 4.78 is 7.23. The monoisotopic (exact) mass is 238 g/mol. The summed E-state index contributed by atoms with van der Waals surface area (Å²) in [4.78, 5) is 11.5. The number of hydrogen-bond acceptors (Lipinski definition) is 4. The van der Waals surface area contributed by atoms with Crippen molar-refractivity contribution in [3.8, 4) is 0 Å². The maximum absolute atomic E-state index is 11.5. The highest BCUT2D eigenvalue weighted by atomic mass is 16.5. The van der Waals surface area contributed by atoms with Gasteiger partial charge in [0.05, 0.1) is 17.8 Å². The van der Waals surface area contributed by atoms with Gasteiger partial charge in [0.15, 0.2) is 0 Å². The molecule has 1 aliphatic rings.